The van der Waals surface area contributed by atoms with Crippen molar-refractivity contribution in [2.24, 2.45) is 0 Å². The fraction of sp³-hybridized carbons (Fsp3) is 0.176. The van der Waals surface area contributed by atoms with Crippen LogP contribution in [0.15, 0.2) is 28.7 Å². The van der Waals surface area contributed by atoms with Crippen molar-refractivity contribution < 1.29 is 31.5 Å². The number of imide groups is 1. The van der Waals surface area contributed by atoms with Crippen LogP contribution in [0.2, 0.25) is 0 Å². The third-order valence-corrected chi connectivity index (χ3v) is 4.79. The van der Waals surface area contributed by atoms with Gasteiger partial charge in [-0.1, -0.05) is 28.1 Å². The quantitative estimate of drug-likeness (QED) is 0.332. The second kappa shape index (κ2) is 6.59. The first-order valence-corrected chi connectivity index (χ1v) is 8.27. The zero-order valence-electron chi connectivity index (χ0n) is 13.5. The van der Waals surface area contributed by atoms with Crippen molar-refractivity contribution in [3.63, 3.8) is 0 Å². The third-order valence-electron chi connectivity index (χ3n) is 4.29. The Morgan fingerprint density at radius 2 is 1.56 bits per heavy atom. The first kappa shape index (κ1) is 19.3. The molecular formula is C17H10BrF5N2O2. The van der Waals surface area contributed by atoms with E-state index in [2.05, 4.69) is 21.2 Å². The number of nitrogens with one attached hydrogen (secondary N) is 1. The van der Waals surface area contributed by atoms with Gasteiger partial charge in [0.2, 0.25) is 5.82 Å². The van der Waals surface area contributed by atoms with Gasteiger partial charge in [-0.2, -0.15) is 0 Å². The Morgan fingerprint density at radius 3 is 2.11 bits per heavy atom. The largest absolute Gasteiger partial charge is 0.325 e. The van der Waals surface area contributed by atoms with Crippen LogP contribution in [-0.2, 0) is 16.9 Å². The van der Waals surface area contributed by atoms with Crippen molar-refractivity contribution in [1.29, 1.82) is 0 Å². The summed E-state index contributed by atoms with van der Waals surface area (Å²) in [4.78, 5) is 25.3. The van der Waals surface area contributed by atoms with Gasteiger partial charge < -0.3 is 5.32 Å². The average Bonchev–Trinajstić information content (AvgIpc) is 2.85. The van der Waals surface area contributed by atoms with Gasteiger partial charge in [-0.3, -0.25) is 9.69 Å². The molecule has 1 N–H and O–H groups in total. The molecule has 0 spiro atoms. The molecule has 1 aliphatic heterocycles. The predicted molar refractivity (Wildman–Crippen MR) is 86.8 cm³/mol. The minimum atomic E-state index is -2.31. The van der Waals surface area contributed by atoms with E-state index in [1.54, 1.807) is 24.3 Å². The van der Waals surface area contributed by atoms with Gasteiger partial charge in [0.1, 0.15) is 5.54 Å². The lowest BCUT2D eigenvalue weighted by Crippen LogP contribution is -2.40. The fourth-order valence-corrected chi connectivity index (χ4v) is 3.18. The summed E-state index contributed by atoms with van der Waals surface area (Å²) in [7, 11) is 0. The van der Waals surface area contributed by atoms with Crippen LogP contribution >= 0.6 is 15.9 Å². The summed E-state index contributed by atoms with van der Waals surface area (Å²) in [5.41, 5.74) is -2.46. The number of hydrogen-bond donors (Lipinski definition) is 1. The number of amides is 3. The molecule has 3 amide bonds. The summed E-state index contributed by atoms with van der Waals surface area (Å²) in [5, 5.41) is 2.38. The lowest BCUT2D eigenvalue weighted by molar-refractivity contribution is -0.131. The molecule has 0 aliphatic carbocycles. The lowest BCUT2D eigenvalue weighted by Gasteiger charge is -2.22. The summed E-state index contributed by atoms with van der Waals surface area (Å²) >= 11 is 3.22. The molecule has 0 bridgehead atoms. The molecule has 1 aliphatic rings. The van der Waals surface area contributed by atoms with Gasteiger partial charge in [0, 0.05) is 10.0 Å². The van der Waals surface area contributed by atoms with E-state index in [0.29, 0.717) is 14.9 Å². The van der Waals surface area contributed by atoms with Gasteiger partial charge in [-0.05, 0) is 24.6 Å². The number of hydrogen-bond acceptors (Lipinski definition) is 2. The van der Waals surface area contributed by atoms with Crippen molar-refractivity contribution in [3.8, 4) is 0 Å². The van der Waals surface area contributed by atoms with Crippen molar-refractivity contribution >= 4 is 27.9 Å². The highest BCUT2D eigenvalue weighted by atomic mass is 79.9. The Kier molecular flexibility index (Phi) is 4.71. The van der Waals surface area contributed by atoms with E-state index < -0.39 is 58.7 Å². The molecule has 1 atom stereocenters. The standard InChI is InChI=1S/C17H10BrF5N2O2/c1-17(7-3-2-4-8(18)5-7)15(26)25(16(27)24-17)6-9-10(19)12(21)14(23)13(22)11(9)20/h2-5H,6H2,1H3,(H,24,27). The van der Waals surface area contributed by atoms with E-state index in [-0.39, 0.29) is 0 Å². The summed E-state index contributed by atoms with van der Waals surface area (Å²) in [6, 6.07) is 5.37. The molecule has 1 unspecified atom stereocenters. The van der Waals surface area contributed by atoms with E-state index >= 15 is 0 Å². The van der Waals surface area contributed by atoms with Crippen LogP contribution in [0.25, 0.3) is 0 Å². The molecule has 10 heteroatoms. The zero-order valence-corrected chi connectivity index (χ0v) is 15.1. The highest BCUT2D eigenvalue weighted by Crippen LogP contribution is 2.32. The van der Waals surface area contributed by atoms with Crippen molar-refractivity contribution in [2.45, 2.75) is 19.0 Å². The third kappa shape index (κ3) is 2.97. The second-order valence-corrected chi connectivity index (χ2v) is 6.92. The fourth-order valence-electron chi connectivity index (χ4n) is 2.78. The highest BCUT2D eigenvalue weighted by molar-refractivity contribution is 9.10. The van der Waals surface area contributed by atoms with Gasteiger partial charge in [0.15, 0.2) is 23.3 Å². The van der Waals surface area contributed by atoms with Crippen LogP contribution in [0.3, 0.4) is 0 Å². The molecule has 0 saturated carbocycles. The maximum atomic E-state index is 13.9. The minimum Gasteiger partial charge on any atom is -0.319 e. The van der Waals surface area contributed by atoms with Gasteiger partial charge in [-0.25, -0.2) is 26.7 Å². The summed E-state index contributed by atoms with van der Waals surface area (Å²) < 4.78 is 68.3. The molecular weight excluding hydrogens is 439 g/mol. The Balaban J connectivity index is 2.01. The van der Waals surface area contributed by atoms with Crippen molar-refractivity contribution in [1.82, 2.24) is 10.2 Å². The lowest BCUT2D eigenvalue weighted by atomic mass is 9.92. The van der Waals surface area contributed by atoms with E-state index in [0.717, 1.165) is 0 Å². The predicted octanol–water partition coefficient (Wildman–Crippen LogP) is 4.11. The molecule has 0 aromatic heterocycles. The molecule has 1 heterocycles. The maximum Gasteiger partial charge on any atom is 0.325 e. The normalized spacial score (nSPS) is 19.6. The Bertz CT molecular complexity index is 955. The number of halogens is 6. The molecule has 27 heavy (non-hydrogen) atoms. The first-order valence-electron chi connectivity index (χ1n) is 7.48. The average molecular weight is 449 g/mol. The van der Waals surface area contributed by atoms with Gasteiger partial charge in [0.25, 0.3) is 5.91 Å². The smallest absolute Gasteiger partial charge is 0.319 e. The number of rotatable bonds is 3. The van der Waals surface area contributed by atoms with Gasteiger partial charge >= 0.3 is 6.03 Å². The molecule has 1 fully saturated rings. The molecule has 3 rings (SSSR count). The SMILES string of the molecule is CC1(c2cccc(Br)c2)NC(=O)N(Cc2c(F)c(F)c(F)c(F)c2F)C1=O. The first-order chi connectivity index (χ1) is 12.6. The molecule has 2 aromatic carbocycles. The van der Waals surface area contributed by atoms with Gasteiger partial charge in [-0.15, -0.1) is 0 Å². The second-order valence-electron chi connectivity index (χ2n) is 6.01. The van der Waals surface area contributed by atoms with E-state index in [4.69, 9.17) is 0 Å². The Labute approximate surface area is 158 Å². The topological polar surface area (TPSA) is 49.4 Å². The molecule has 0 radical (unpaired) electrons. The number of urea groups is 1. The van der Waals surface area contributed by atoms with E-state index in [1.807, 2.05) is 0 Å². The zero-order chi connectivity index (χ0) is 20.1. The number of carbonyl (C=O) groups excluding carboxylic acids is 2. The number of nitrogens with zero attached hydrogens (tertiary/aromatic N) is 1. The maximum absolute atomic E-state index is 13.9. The molecule has 1 saturated heterocycles. The van der Waals surface area contributed by atoms with Crippen LogP contribution in [0, 0.1) is 29.1 Å². The summed E-state index contributed by atoms with van der Waals surface area (Å²) in [6.07, 6.45) is 0. The van der Waals surface area contributed by atoms with Crippen LogP contribution in [-0.4, -0.2) is 16.8 Å². The Hall–Kier alpha value is -2.49. The summed E-state index contributed by atoms with van der Waals surface area (Å²) in [6.45, 7) is 0.258. The summed E-state index contributed by atoms with van der Waals surface area (Å²) in [5.74, 6) is -11.7. The molecule has 142 valence electrons. The Morgan fingerprint density at radius 1 is 1.00 bits per heavy atom. The highest BCUT2D eigenvalue weighted by Gasteiger charge is 2.49. The van der Waals surface area contributed by atoms with Crippen LogP contribution < -0.4 is 5.32 Å². The van der Waals surface area contributed by atoms with Crippen LogP contribution in [0.1, 0.15) is 18.1 Å². The monoisotopic (exact) mass is 448 g/mol. The number of carbonyl (C=O) groups is 2. The van der Waals surface area contributed by atoms with Crippen molar-refractivity contribution in [3.05, 3.63) is 69.0 Å². The van der Waals surface area contributed by atoms with Crippen molar-refractivity contribution in [2.75, 3.05) is 0 Å². The molecule has 4 nitrogen and oxygen atoms in total. The minimum absolute atomic E-state index is 0.370. The molecule has 2 aromatic rings. The van der Waals surface area contributed by atoms with E-state index in [9.17, 15) is 31.5 Å². The van der Waals surface area contributed by atoms with Gasteiger partial charge in [0.05, 0.1) is 6.54 Å². The van der Waals surface area contributed by atoms with E-state index in [1.165, 1.54) is 6.92 Å². The number of benzene rings is 2. The van der Waals surface area contributed by atoms with Crippen LogP contribution in [0.5, 0.6) is 0 Å². The van der Waals surface area contributed by atoms with Crippen LogP contribution in [0.4, 0.5) is 26.7 Å².